The third-order valence-electron chi connectivity index (χ3n) is 3.20. The van der Waals surface area contributed by atoms with Crippen LogP contribution in [0.15, 0.2) is 60.8 Å². The Kier molecular flexibility index (Phi) is 3.67. The number of hydroxylamine groups is 1. The van der Waals surface area contributed by atoms with Crippen molar-refractivity contribution in [2.45, 2.75) is 0 Å². The second-order valence-electron chi connectivity index (χ2n) is 4.62. The number of carbonyl (C=O) groups excluding carboxylic acids is 1. The predicted octanol–water partition coefficient (Wildman–Crippen LogP) is 2.80. The molecule has 0 unspecified atom stereocenters. The summed E-state index contributed by atoms with van der Waals surface area (Å²) in [6.45, 7) is 0. The van der Waals surface area contributed by atoms with Gasteiger partial charge >= 0.3 is 0 Å². The van der Waals surface area contributed by atoms with Gasteiger partial charge in [-0.15, -0.1) is 0 Å². The van der Waals surface area contributed by atoms with Crippen LogP contribution < -0.4 is 5.48 Å². The normalized spacial score (nSPS) is 10.5. The number of para-hydroxylation sites is 1. The first-order valence-electron chi connectivity index (χ1n) is 6.54. The summed E-state index contributed by atoms with van der Waals surface area (Å²) in [5.41, 5.74) is 3.50. The number of hydrogen-bond acceptors (Lipinski definition) is 3. The molecule has 5 nitrogen and oxygen atoms in total. The van der Waals surface area contributed by atoms with E-state index in [0.29, 0.717) is 11.3 Å². The summed E-state index contributed by atoms with van der Waals surface area (Å²) in [5.74, 6) is -1.05. The lowest BCUT2D eigenvalue weighted by Crippen LogP contribution is -2.18. The Morgan fingerprint density at radius 2 is 1.77 bits per heavy atom. The molecule has 6 heteroatoms. The summed E-state index contributed by atoms with van der Waals surface area (Å²) in [5, 5.41) is 13.3. The number of benzene rings is 2. The summed E-state index contributed by atoms with van der Waals surface area (Å²) >= 11 is 0. The van der Waals surface area contributed by atoms with E-state index in [1.54, 1.807) is 5.48 Å². The van der Waals surface area contributed by atoms with Gasteiger partial charge in [0.05, 0.1) is 11.3 Å². The highest BCUT2D eigenvalue weighted by Gasteiger charge is 2.18. The van der Waals surface area contributed by atoms with Gasteiger partial charge in [-0.05, 0) is 36.4 Å². The Bertz CT molecular complexity index is 798. The largest absolute Gasteiger partial charge is 0.288 e. The molecule has 0 fully saturated rings. The molecule has 3 aromatic rings. The minimum atomic E-state index is -0.679. The van der Waals surface area contributed by atoms with E-state index in [4.69, 9.17) is 5.21 Å². The first-order chi connectivity index (χ1) is 10.7. The molecular weight excluding hydrogens is 285 g/mol. The zero-order valence-corrected chi connectivity index (χ0v) is 11.4. The van der Waals surface area contributed by atoms with Crippen molar-refractivity contribution in [3.8, 4) is 16.9 Å². The highest BCUT2D eigenvalue weighted by atomic mass is 19.1. The van der Waals surface area contributed by atoms with Gasteiger partial charge in [0.25, 0.3) is 5.91 Å². The molecule has 110 valence electrons. The molecule has 3 rings (SSSR count). The standard InChI is InChI=1S/C16H12FN3O2/c17-12-8-6-11(7-9-12)15-14(16(21)19-22)10-20(18-15)13-4-2-1-3-5-13/h1-10,22H,(H,19,21). The number of nitrogens with zero attached hydrogens (tertiary/aromatic N) is 2. The quantitative estimate of drug-likeness (QED) is 0.577. The van der Waals surface area contributed by atoms with Gasteiger partial charge in [0.2, 0.25) is 0 Å². The van der Waals surface area contributed by atoms with Crippen LogP contribution in [0.25, 0.3) is 16.9 Å². The Balaban J connectivity index is 2.13. The van der Waals surface area contributed by atoms with E-state index in [9.17, 15) is 9.18 Å². The van der Waals surface area contributed by atoms with Crippen molar-refractivity contribution in [2.75, 3.05) is 0 Å². The zero-order chi connectivity index (χ0) is 15.5. The molecule has 0 saturated heterocycles. The molecule has 0 aliphatic heterocycles. The van der Waals surface area contributed by atoms with E-state index in [1.807, 2.05) is 30.3 Å². The van der Waals surface area contributed by atoms with Gasteiger partial charge in [0, 0.05) is 11.8 Å². The molecule has 0 bridgehead atoms. The first kappa shape index (κ1) is 14.0. The number of nitrogens with one attached hydrogen (secondary N) is 1. The maximum absolute atomic E-state index is 13.1. The monoisotopic (exact) mass is 297 g/mol. The number of halogens is 1. The Morgan fingerprint density at radius 1 is 1.09 bits per heavy atom. The molecule has 0 atom stereocenters. The van der Waals surface area contributed by atoms with Gasteiger partial charge in [-0.25, -0.2) is 14.6 Å². The minimum absolute atomic E-state index is 0.193. The molecule has 1 heterocycles. The summed E-state index contributed by atoms with van der Waals surface area (Å²) in [7, 11) is 0. The number of carbonyl (C=O) groups is 1. The van der Waals surface area contributed by atoms with E-state index < -0.39 is 5.91 Å². The summed E-state index contributed by atoms with van der Waals surface area (Å²) < 4.78 is 14.6. The van der Waals surface area contributed by atoms with Crippen LogP contribution in [0.5, 0.6) is 0 Å². The molecule has 1 aromatic heterocycles. The molecule has 2 aromatic carbocycles. The van der Waals surface area contributed by atoms with E-state index in [1.165, 1.54) is 35.1 Å². The average Bonchev–Trinajstić information content (AvgIpc) is 3.01. The minimum Gasteiger partial charge on any atom is -0.288 e. The lowest BCUT2D eigenvalue weighted by molar-refractivity contribution is 0.0707. The summed E-state index contributed by atoms with van der Waals surface area (Å²) in [6.07, 6.45) is 1.51. The zero-order valence-electron chi connectivity index (χ0n) is 11.4. The Labute approximate surface area is 125 Å². The fraction of sp³-hybridized carbons (Fsp3) is 0. The highest BCUT2D eigenvalue weighted by Crippen LogP contribution is 2.24. The number of hydrogen-bond donors (Lipinski definition) is 2. The van der Waals surface area contributed by atoms with Crippen LogP contribution in [-0.2, 0) is 0 Å². The van der Waals surface area contributed by atoms with Crippen LogP contribution in [0, 0.1) is 5.82 Å². The lowest BCUT2D eigenvalue weighted by Gasteiger charge is -2.01. The van der Waals surface area contributed by atoms with Crippen molar-refractivity contribution in [2.24, 2.45) is 0 Å². The van der Waals surface area contributed by atoms with Gasteiger partial charge in [-0.3, -0.25) is 10.0 Å². The fourth-order valence-electron chi connectivity index (χ4n) is 2.13. The van der Waals surface area contributed by atoms with Gasteiger partial charge in [-0.1, -0.05) is 18.2 Å². The number of aromatic nitrogens is 2. The summed E-state index contributed by atoms with van der Waals surface area (Å²) in [6, 6.07) is 14.9. The molecule has 0 aliphatic carbocycles. The average molecular weight is 297 g/mol. The van der Waals surface area contributed by atoms with Gasteiger partial charge in [-0.2, -0.15) is 5.10 Å². The number of rotatable bonds is 3. The maximum atomic E-state index is 13.1. The first-order valence-corrected chi connectivity index (χ1v) is 6.54. The van der Waals surface area contributed by atoms with Crippen LogP contribution in [-0.4, -0.2) is 20.9 Å². The molecule has 22 heavy (non-hydrogen) atoms. The van der Waals surface area contributed by atoms with Crippen molar-refractivity contribution in [3.63, 3.8) is 0 Å². The third kappa shape index (κ3) is 2.59. The Hall–Kier alpha value is -2.99. The highest BCUT2D eigenvalue weighted by molar-refractivity contribution is 5.99. The topological polar surface area (TPSA) is 67.2 Å². The molecule has 0 aliphatic rings. The van der Waals surface area contributed by atoms with Crippen LogP contribution in [0.3, 0.4) is 0 Å². The van der Waals surface area contributed by atoms with Gasteiger partial charge in [0.1, 0.15) is 11.5 Å². The maximum Gasteiger partial charge on any atom is 0.278 e. The molecule has 0 radical (unpaired) electrons. The molecule has 0 saturated carbocycles. The van der Waals surface area contributed by atoms with Crippen molar-refractivity contribution < 1.29 is 14.4 Å². The van der Waals surface area contributed by atoms with E-state index in [-0.39, 0.29) is 11.4 Å². The fourth-order valence-corrected chi connectivity index (χ4v) is 2.13. The Morgan fingerprint density at radius 3 is 2.41 bits per heavy atom. The summed E-state index contributed by atoms with van der Waals surface area (Å²) in [4.78, 5) is 11.8. The lowest BCUT2D eigenvalue weighted by atomic mass is 10.1. The second kappa shape index (κ2) is 5.79. The van der Waals surface area contributed by atoms with E-state index >= 15 is 0 Å². The smallest absolute Gasteiger partial charge is 0.278 e. The predicted molar refractivity (Wildman–Crippen MR) is 78.2 cm³/mol. The van der Waals surface area contributed by atoms with Crippen LogP contribution in [0.1, 0.15) is 10.4 Å². The molecule has 2 N–H and O–H groups in total. The SMILES string of the molecule is O=C(NO)c1cn(-c2ccccc2)nc1-c1ccc(F)cc1. The van der Waals surface area contributed by atoms with Crippen LogP contribution in [0.4, 0.5) is 4.39 Å². The van der Waals surface area contributed by atoms with Crippen molar-refractivity contribution >= 4 is 5.91 Å². The molecular formula is C16H12FN3O2. The number of amides is 1. The van der Waals surface area contributed by atoms with Crippen molar-refractivity contribution in [1.82, 2.24) is 15.3 Å². The van der Waals surface area contributed by atoms with Gasteiger partial charge in [0.15, 0.2) is 0 Å². The molecule has 0 spiro atoms. The van der Waals surface area contributed by atoms with Gasteiger partial charge < -0.3 is 0 Å². The van der Waals surface area contributed by atoms with E-state index in [0.717, 1.165) is 5.69 Å². The molecule has 1 amide bonds. The van der Waals surface area contributed by atoms with Crippen LogP contribution in [0.2, 0.25) is 0 Å². The van der Waals surface area contributed by atoms with Crippen molar-refractivity contribution in [1.29, 1.82) is 0 Å². The second-order valence-corrected chi connectivity index (χ2v) is 4.62. The van der Waals surface area contributed by atoms with Crippen LogP contribution >= 0.6 is 0 Å². The van der Waals surface area contributed by atoms with Crippen molar-refractivity contribution in [3.05, 3.63) is 72.2 Å². The van der Waals surface area contributed by atoms with E-state index in [2.05, 4.69) is 5.10 Å². The third-order valence-corrected chi connectivity index (χ3v) is 3.20.